The minimum absolute atomic E-state index is 0.0361. The molecule has 0 atom stereocenters. The third-order valence-corrected chi connectivity index (χ3v) is 4.92. The number of rotatable bonds is 7. The maximum atomic E-state index is 13.1. The molecule has 0 bridgehead atoms. The summed E-state index contributed by atoms with van der Waals surface area (Å²) in [6.07, 6.45) is 8.67. The van der Waals surface area contributed by atoms with E-state index in [1.807, 2.05) is 0 Å². The maximum absolute atomic E-state index is 13.1. The molecule has 0 unspecified atom stereocenters. The highest BCUT2D eigenvalue weighted by Gasteiger charge is 2.20. The Morgan fingerprint density at radius 1 is 1.11 bits per heavy atom. The van der Waals surface area contributed by atoms with Gasteiger partial charge in [-0.2, -0.15) is 0 Å². The number of nitrogens with zero attached hydrogens (tertiary/aromatic N) is 1. The molecule has 1 fully saturated rings. The van der Waals surface area contributed by atoms with Crippen LogP contribution in [0.5, 0.6) is 0 Å². The number of carbonyl (C=O) groups is 2. The summed E-state index contributed by atoms with van der Waals surface area (Å²) < 4.78 is 18.1. The minimum atomic E-state index is -0.321. The number of carbonyl (C=O) groups excluding carboxylic acids is 2. The standard InChI is InChI=1S/C21H25FN2O3/c22-18-8-6-16(7-9-18)14-24(21(26)17-11-13-27-15-17)12-10-20(25)23-19-4-2-1-3-5-19/h6-9,11,13,15,19H,1-5,10,12,14H2,(H,23,25). The van der Waals surface area contributed by atoms with Gasteiger partial charge in [-0.1, -0.05) is 31.4 Å². The molecule has 1 aliphatic rings. The molecule has 27 heavy (non-hydrogen) atoms. The normalized spacial score (nSPS) is 14.7. The number of hydrogen-bond donors (Lipinski definition) is 1. The first-order valence-electron chi connectivity index (χ1n) is 9.47. The van der Waals surface area contributed by atoms with Gasteiger partial charge in [0.25, 0.3) is 5.91 Å². The molecule has 1 N–H and O–H groups in total. The molecule has 1 aromatic heterocycles. The number of nitrogens with one attached hydrogen (secondary N) is 1. The van der Waals surface area contributed by atoms with E-state index in [1.165, 1.54) is 31.1 Å². The van der Waals surface area contributed by atoms with Crippen molar-refractivity contribution in [2.75, 3.05) is 6.54 Å². The molecule has 2 aromatic rings. The number of halogens is 1. The van der Waals surface area contributed by atoms with Gasteiger partial charge in [0.2, 0.25) is 5.91 Å². The van der Waals surface area contributed by atoms with Gasteiger partial charge in [-0.25, -0.2) is 4.39 Å². The SMILES string of the molecule is O=C(CCN(Cc1ccc(F)cc1)C(=O)c1ccoc1)NC1CCCCC1. The second kappa shape index (κ2) is 9.35. The third kappa shape index (κ3) is 5.67. The van der Waals surface area contributed by atoms with E-state index in [9.17, 15) is 14.0 Å². The van der Waals surface area contributed by atoms with Crippen molar-refractivity contribution < 1.29 is 18.4 Å². The lowest BCUT2D eigenvalue weighted by molar-refractivity contribution is -0.122. The van der Waals surface area contributed by atoms with E-state index in [-0.39, 0.29) is 30.1 Å². The second-order valence-corrected chi connectivity index (χ2v) is 7.02. The van der Waals surface area contributed by atoms with E-state index in [2.05, 4.69) is 5.32 Å². The topological polar surface area (TPSA) is 62.6 Å². The first kappa shape index (κ1) is 19.1. The van der Waals surface area contributed by atoms with Crippen molar-refractivity contribution in [1.29, 1.82) is 0 Å². The molecule has 0 saturated heterocycles. The summed E-state index contributed by atoms with van der Waals surface area (Å²) in [5.41, 5.74) is 1.24. The van der Waals surface area contributed by atoms with Crippen LogP contribution in [0.15, 0.2) is 47.3 Å². The minimum Gasteiger partial charge on any atom is -0.472 e. The Balaban J connectivity index is 1.61. The maximum Gasteiger partial charge on any atom is 0.257 e. The molecule has 1 saturated carbocycles. The first-order valence-corrected chi connectivity index (χ1v) is 9.47. The summed E-state index contributed by atoms with van der Waals surface area (Å²) in [5.74, 6) is -0.567. The molecule has 0 aliphatic heterocycles. The average molecular weight is 372 g/mol. The van der Waals surface area contributed by atoms with E-state index in [0.717, 1.165) is 31.2 Å². The number of hydrogen-bond acceptors (Lipinski definition) is 3. The molecular formula is C21H25FN2O3. The first-order chi connectivity index (χ1) is 13.1. The highest BCUT2D eigenvalue weighted by Crippen LogP contribution is 2.17. The molecule has 6 heteroatoms. The molecule has 144 valence electrons. The van der Waals surface area contributed by atoms with Gasteiger partial charge in [0, 0.05) is 25.6 Å². The fourth-order valence-corrected chi connectivity index (χ4v) is 3.41. The zero-order chi connectivity index (χ0) is 19.1. The van der Waals surface area contributed by atoms with Crippen molar-refractivity contribution in [3.05, 3.63) is 59.8 Å². The molecule has 1 aromatic carbocycles. The number of furan rings is 1. The van der Waals surface area contributed by atoms with E-state index < -0.39 is 0 Å². The van der Waals surface area contributed by atoms with Crippen molar-refractivity contribution in [3.8, 4) is 0 Å². The largest absolute Gasteiger partial charge is 0.472 e. The van der Waals surface area contributed by atoms with Crippen LogP contribution in [-0.2, 0) is 11.3 Å². The number of benzene rings is 1. The van der Waals surface area contributed by atoms with Gasteiger partial charge in [-0.15, -0.1) is 0 Å². The Kier molecular flexibility index (Phi) is 6.63. The predicted molar refractivity (Wildman–Crippen MR) is 99.5 cm³/mol. The van der Waals surface area contributed by atoms with Gasteiger partial charge in [0.05, 0.1) is 11.8 Å². The molecule has 0 radical (unpaired) electrons. The van der Waals surface area contributed by atoms with Crippen LogP contribution in [0.1, 0.15) is 54.4 Å². The predicted octanol–water partition coefficient (Wildman–Crippen LogP) is 3.90. The van der Waals surface area contributed by atoms with Gasteiger partial charge < -0.3 is 14.6 Å². The molecule has 1 aliphatic carbocycles. The molecule has 0 spiro atoms. The zero-order valence-electron chi connectivity index (χ0n) is 15.3. The highest BCUT2D eigenvalue weighted by molar-refractivity contribution is 5.94. The van der Waals surface area contributed by atoms with Gasteiger partial charge in [-0.05, 0) is 36.6 Å². The fraction of sp³-hybridized carbons (Fsp3) is 0.429. The van der Waals surface area contributed by atoms with E-state index >= 15 is 0 Å². The Bertz CT molecular complexity index is 737. The summed E-state index contributed by atoms with van der Waals surface area (Å²) in [4.78, 5) is 26.6. The van der Waals surface area contributed by atoms with E-state index in [4.69, 9.17) is 4.42 Å². The van der Waals surface area contributed by atoms with Crippen molar-refractivity contribution in [2.24, 2.45) is 0 Å². The van der Waals surface area contributed by atoms with Crippen LogP contribution in [0.25, 0.3) is 0 Å². The lowest BCUT2D eigenvalue weighted by Crippen LogP contribution is -2.39. The Morgan fingerprint density at radius 3 is 2.52 bits per heavy atom. The van der Waals surface area contributed by atoms with Gasteiger partial charge in [0.1, 0.15) is 12.1 Å². The molecular weight excluding hydrogens is 347 g/mol. The summed E-state index contributed by atoms with van der Waals surface area (Å²) >= 11 is 0. The van der Waals surface area contributed by atoms with Gasteiger partial charge >= 0.3 is 0 Å². The quantitative estimate of drug-likeness (QED) is 0.802. The van der Waals surface area contributed by atoms with Crippen LogP contribution >= 0.6 is 0 Å². The van der Waals surface area contributed by atoms with Gasteiger partial charge in [-0.3, -0.25) is 9.59 Å². The zero-order valence-corrected chi connectivity index (χ0v) is 15.3. The Morgan fingerprint density at radius 2 is 1.85 bits per heavy atom. The van der Waals surface area contributed by atoms with Gasteiger partial charge in [0.15, 0.2) is 0 Å². The van der Waals surface area contributed by atoms with Crippen molar-refractivity contribution in [3.63, 3.8) is 0 Å². The van der Waals surface area contributed by atoms with Crippen LogP contribution in [-0.4, -0.2) is 29.3 Å². The van der Waals surface area contributed by atoms with Crippen LogP contribution in [0, 0.1) is 5.82 Å². The summed E-state index contributed by atoms with van der Waals surface area (Å²) in [5, 5.41) is 3.07. The molecule has 5 nitrogen and oxygen atoms in total. The second-order valence-electron chi connectivity index (χ2n) is 7.02. The summed E-state index contributed by atoms with van der Waals surface area (Å²) in [6, 6.07) is 7.88. The van der Waals surface area contributed by atoms with Crippen LogP contribution < -0.4 is 5.32 Å². The summed E-state index contributed by atoms with van der Waals surface area (Å²) in [6.45, 7) is 0.598. The molecule has 2 amide bonds. The number of amides is 2. The lowest BCUT2D eigenvalue weighted by Gasteiger charge is -2.25. The Hall–Kier alpha value is -2.63. The molecule has 1 heterocycles. The van der Waals surface area contributed by atoms with Crippen LogP contribution in [0.4, 0.5) is 4.39 Å². The van der Waals surface area contributed by atoms with Crippen LogP contribution in [0.3, 0.4) is 0 Å². The third-order valence-electron chi connectivity index (χ3n) is 4.92. The highest BCUT2D eigenvalue weighted by atomic mass is 19.1. The Labute approximate surface area is 158 Å². The average Bonchev–Trinajstić information content (AvgIpc) is 3.22. The van der Waals surface area contributed by atoms with Crippen molar-refractivity contribution >= 4 is 11.8 Å². The smallest absolute Gasteiger partial charge is 0.257 e. The van der Waals surface area contributed by atoms with Crippen LogP contribution in [0.2, 0.25) is 0 Å². The van der Waals surface area contributed by atoms with Crippen molar-refractivity contribution in [1.82, 2.24) is 10.2 Å². The lowest BCUT2D eigenvalue weighted by atomic mass is 9.95. The fourth-order valence-electron chi connectivity index (χ4n) is 3.41. The van der Waals surface area contributed by atoms with E-state index in [0.29, 0.717) is 18.7 Å². The van der Waals surface area contributed by atoms with E-state index in [1.54, 1.807) is 23.1 Å². The summed E-state index contributed by atoms with van der Waals surface area (Å²) in [7, 11) is 0. The monoisotopic (exact) mass is 372 g/mol. The molecule has 3 rings (SSSR count). The van der Waals surface area contributed by atoms with Crippen molar-refractivity contribution in [2.45, 2.75) is 51.1 Å².